The van der Waals surface area contributed by atoms with E-state index in [0.29, 0.717) is 36.7 Å². The molecule has 8 heteroatoms. The van der Waals surface area contributed by atoms with Gasteiger partial charge < -0.3 is 10.1 Å². The molecule has 0 radical (unpaired) electrons. The van der Waals surface area contributed by atoms with Gasteiger partial charge in [-0.15, -0.1) is 0 Å². The van der Waals surface area contributed by atoms with Crippen LogP contribution in [0.3, 0.4) is 0 Å². The fourth-order valence-corrected chi connectivity index (χ4v) is 4.47. The van der Waals surface area contributed by atoms with Crippen molar-refractivity contribution in [1.29, 1.82) is 0 Å². The molecule has 0 saturated heterocycles. The van der Waals surface area contributed by atoms with Crippen molar-refractivity contribution in [1.82, 2.24) is 4.31 Å². The van der Waals surface area contributed by atoms with Gasteiger partial charge in [-0.3, -0.25) is 4.79 Å². The summed E-state index contributed by atoms with van der Waals surface area (Å²) in [6.07, 6.45) is 0. The molecule has 0 atom stereocenters. The van der Waals surface area contributed by atoms with Gasteiger partial charge in [-0.05, 0) is 36.6 Å². The molecule has 1 N–H and O–H groups in total. The Balaban J connectivity index is 2.41. The lowest BCUT2D eigenvalue weighted by Crippen LogP contribution is -2.30. The maximum absolute atomic E-state index is 12.7. The molecule has 6 nitrogen and oxygen atoms in total. The molecule has 0 saturated carbocycles. The monoisotopic (exact) mass is 382 g/mol. The molecule has 0 aliphatic rings. The van der Waals surface area contributed by atoms with Gasteiger partial charge in [0.2, 0.25) is 10.0 Å². The number of rotatable bonds is 8. The minimum atomic E-state index is -3.62. The summed E-state index contributed by atoms with van der Waals surface area (Å²) in [4.78, 5) is 12.4. The van der Waals surface area contributed by atoms with Crippen LogP contribution in [-0.2, 0) is 10.0 Å². The number of anilines is 1. The zero-order chi connectivity index (χ0) is 18.4. The van der Waals surface area contributed by atoms with Crippen LogP contribution in [0.2, 0.25) is 0 Å². The molecular weight excluding hydrogens is 360 g/mol. The Hall–Kier alpha value is -1.90. The molecule has 2 aromatic rings. The Labute approximate surface area is 152 Å². The Morgan fingerprint density at radius 2 is 1.92 bits per heavy atom. The highest BCUT2D eigenvalue weighted by molar-refractivity contribution is 7.89. The van der Waals surface area contributed by atoms with Crippen molar-refractivity contribution in [3.63, 3.8) is 0 Å². The molecule has 0 unspecified atom stereocenters. The Morgan fingerprint density at radius 1 is 1.20 bits per heavy atom. The van der Waals surface area contributed by atoms with Crippen LogP contribution in [0.15, 0.2) is 39.9 Å². The average molecular weight is 383 g/mol. The van der Waals surface area contributed by atoms with E-state index >= 15 is 0 Å². The molecule has 1 amide bonds. The highest BCUT2D eigenvalue weighted by Crippen LogP contribution is 2.30. The molecule has 1 aromatic carbocycles. The van der Waals surface area contributed by atoms with Crippen molar-refractivity contribution >= 4 is 33.0 Å². The summed E-state index contributed by atoms with van der Waals surface area (Å²) >= 11 is 1.42. The van der Waals surface area contributed by atoms with E-state index < -0.39 is 10.0 Å². The molecule has 0 spiro atoms. The van der Waals surface area contributed by atoms with Crippen molar-refractivity contribution in [2.24, 2.45) is 0 Å². The van der Waals surface area contributed by atoms with Crippen molar-refractivity contribution in [3.8, 4) is 5.75 Å². The Morgan fingerprint density at radius 3 is 2.48 bits per heavy atom. The molecule has 1 aromatic heterocycles. The molecular formula is C17H22N2O4S2. The highest BCUT2D eigenvalue weighted by Gasteiger charge is 2.23. The SMILES string of the molecule is CCOc1ccc(S(=O)(=O)N(CC)CC)cc1NC(=O)c1ccsc1. The summed E-state index contributed by atoms with van der Waals surface area (Å²) in [6, 6.07) is 6.22. The number of carbonyl (C=O) groups excluding carboxylic acids is 1. The predicted molar refractivity (Wildman–Crippen MR) is 100.0 cm³/mol. The van der Waals surface area contributed by atoms with Crippen LogP contribution in [0.4, 0.5) is 5.69 Å². The number of thiophene rings is 1. The van der Waals surface area contributed by atoms with Crippen molar-refractivity contribution < 1.29 is 17.9 Å². The average Bonchev–Trinajstić information content (AvgIpc) is 3.12. The Bertz CT molecular complexity index is 813. The quantitative estimate of drug-likeness (QED) is 0.759. The lowest BCUT2D eigenvalue weighted by atomic mass is 10.2. The van der Waals surface area contributed by atoms with Crippen molar-refractivity contribution in [2.45, 2.75) is 25.7 Å². The van der Waals surface area contributed by atoms with Gasteiger partial charge in [0.25, 0.3) is 5.91 Å². The molecule has 1 heterocycles. The largest absolute Gasteiger partial charge is 0.492 e. The van der Waals surface area contributed by atoms with Crippen molar-refractivity contribution in [2.75, 3.05) is 25.0 Å². The summed E-state index contributed by atoms with van der Waals surface area (Å²) in [5.41, 5.74) is 0.857. The van der Waals surface area contributed by atoms with Crippen LogP contribution in [0, 0.1) is 0 Å². The fourth-order valence-electron chi connectivity index (χ4n) is 2.35. The van der Waals surface area contributed by atoms with Crippen molar-refractivity contribution in [3.05, 3.63) is 40.6 Å². The second-order valence-electron chi connectivity index (χ2n) is 5.15. The number of ether oxygens (including phenoxy) is 1. The van der Waals surface area contributed by atoms with E-state index in [2.05, 4.69) is 5.32 Å². The second kappa shape index (κ2) is 8.46. The zero-order valence-electron chi connectivity index (χ0n) is 14.5. The number of carbonyl (C=O) groups is 1. The fraction of sp³-hybridized carbons (Fsp3) is 0.353. The molecule has 136 valence electrons. The third-order valence-corrected chi connectivity index (χ3v) is 6.35. The van der Waals surface area contributed by atoms with Crippen LogP contribution in [0.5, 0.6) is 5.75 Å². The number of nitrogens with one attached hydrogen (secondary N) is 1. The summed E-state index contributed by atoms with van der Waals surface area (Å²) in [5.74, 6) is 0.129. The third kappa shape index (κ3) is 4.39. The van der Waals surface area contributed by atoms with Gasteiger partial charge in [-0.2, -0.15) is 15.6 Å². The molecule has 0 aliphatic carbocycles. The number of sulfonamides is 1. The maximum Gasteiger partial charge on any atom is 0.256 e. The van der Waals surface area contributed by atoms with Gasteiger partial charge in [0.1, 0.15) is 5.75 Å². The Kier molecular flexibility index (Phi) is 6.57. The third-order valence-electron chi connectivity index (χ3n) is 3.63. The van der Waals surface area contributed by atoms with Gasteiger partial charge in [0, 0.05) is 18.5 Å². The van der Waals surface area contributed by atoms with Crippen LogP contribution in [0.25, 0.3) is 0 Å². The number of hydrogen-bond donors (Lipinski definition) is 1. The number of benzene rings is 1. The first kappa shape index (κ1) is 19.4. The minimum Gasteiger partial charge on any atom is -0.492 e. The first-order valence-electron chi connectivity index (χ1n) is 8.04. The summed E-state index contributed by atoms with van der Waals surface area (Å²) < 4.78 is 32.3. The van der Waals surface area contributed by atoms with Crippen LogP contribution in [0.1, 0.15) is 31.1 Å². The van der Waals surface area contributed by atoms with Crippen LogP contribution < -0.4 is 10.1 Å². The van der Waals surface area contributed by atoms with Gasteiger partial charge in [-0.25, -0.2) is 8.42 Å². The lowest BCUT2D eigenvalue weighted by Gasteiger charge is -2.20. The predicted octanol–water partition coefficient (Wildman–Crippen LogP) is 3.43. The van der Waals surface area contributed by atoms with Gasteiger partial charge in [-0.1, -0.05) is 13.8 Å². The first-order valence-corrected chi connectivity index (χ1v) is 10.4. The normalized spacial score (nSPS) is 11.5. The maximum atomic E-state index is 12.7. The smallest absolute Gasteiger partial charge is 0.256 e. The number of hydrogen-bond acceptors (Lipinski definition) is 5. The highest BCUT2D eigenvalue weighted by atomic mass is 32.2. The van der Waals surface area contributed by atoms with E-state index in [1.165, 1.54) is 27.8 Å². The summed E-state index contributed by atoms with van der Waals surface area (Å²) in [6.45, 7) is 6.56. The van der Waals surface area contributed by atoms with E-state index in [9.17, 15) is 13.2 Å². The van der Waals surface area contributed by atoms with E-state index in [4.69, 9.17) is 4.74 Å². The van der Waals surface area contributed by atoms with E-state index in [1.807, 2.05) is 6.92 Å². The van der Waals surface area contributed by atoms with Crippen LogP contribution in [-0.4, -0.2) is 38.3 Å². The van der Waals surface area contributed by atoms with Gasteiger partial charge in [0.15, 0.2) is 0 Å². The van der Waals surface area contributed by atoms with E-state index in [0.717, 1.165) is 0 Å². The van der Waals surface area contributed by atoms with E-state index in [1.54, 1.807) is 36.7 Å². The minimum absolute atomic E-state index is 0.125. The zero-order valence-corrected chi connectivity index (χ0v) is 16.1. The number of amides is 1. The standard InChI is InChI=1S/C17H22N2O4S2/c1-4-19(5-2)25(21,22)14-7-8-16(23-6-3)15(11-14)18-17(20)13-9-10-24-12-13/h7-12H,4-6H2,1-3H3,(H,18,20). The second-order valence-corrected chi connectivity index (χ2v) is 7.86. The van der Waals surface area contributed by atoms with Crippen LogP contribution >= 0.6 is 11.3 Å². The molecule has 0 fully saturated rings. The number of nitrogens with zero attached hydrogens (tertiary/aromatic N) is 1. The summed E-state index contributed by atoms with van der Waals surface area (Å²) in [5, 5.41) is 6.28. The van der Waals surface area contributed by atoms with E-state index in [-0.39, 0.29) is 10.8 Å². The lowest BCUT2D eigenvalue weighted by molar-refractivity contribution is 0.102. The molecule has 0 aliphatic heterocycles. The topological polar surface area (TPSA) is 75.7 Å². The van der Waals surface area contributed by atoms with Gasteiger partial charge >= 0.3 is 0 Å². The summed E-state index contributed by atoms with van der Waals surface area (Å²) in [7, 11) is -3.62. The first-order chi connectivity index (χ1) is 11.9. The molecule has 0 bridgehead atoms. The van der Waals surface area contributed by atoms with Gasteiger partial charge in [0.05, 0.1) is 22.8 Å². The molecule has 2 rings (SSSR count). The molecule has 25 heavy (non-hydrogen) atoms.